The van der Waals surface area contributed by atoms with Gasteiger partial charge in [-0.3, -0.25) is 9.69 Å². The molecular formula is C17H29ClN4O2. The number of nitrogens with one attached hydrogen (secondary N) is 1. The molecule has 1 aromatic rings. The number of hydrogen-bond donors (Lipinski definition) is 2. The molecule has 2 rings (SSSR count). The quantitative estimate of drug-likeness (QED) is 0.741. The van der Waals surface area contributed by atoms with Crippen LogP contribution in [0.5, 0.6) is 5.88 Å². The second-order valence-corrected chi connectivity index (χ2v) is 5.86. The van der Waals surface area contributed by atoms with E-state index in [0.717, 1.165) is 25.2 Å². The lowest BCUT2D eigenvalue weighted by atomic mass is 10.0. The predicted octanol–water partition coefficient (Wildman–Crippen LogP) is 1.72. The molecule has 0 saturated carbocycles. The molecule has 1 aliphatic heterocycles. The highest BCUT2D eigenvalue weighted by Crippen LogP contribution is 2.19. The first kappa shape index (κ1) is 20.7. The van der Waals surface area contributed by atoms with Crippen molar-refractivity contribution in [3.8, 4) is 5.88 Å². The molecule has 0 aliphatic carbocycles. The number of ether oxygens (including phenoxy) is 1. The Bertz CT molecular complexity index is 501. The summed E-state index contributed by atoms with van der Waals surface area (Å²) in [6.07, 6.45) is 3.90. The molecule has 0 spiro atoms. The standard InChI is InChI=1S/C17H28N4O2.ClH/c1-2-23-17-8-5-6-14(20-17)13-21-11-4-3-7-15(21)12-19-16(22)9-10-18;/h5-6,8,15H,2-4,7,9-13,18H2,1H3,(H,19,22);1H. The number of nitrogens with two attached hydrogens (primary N) is 1. The van der Waals surface area contributed by atoms with Crippen LogP contribution in [0.25, 0.3) is 0 Å². The summed E-state index contributed by atoms with van der Waals surface area (Å²) >= 11 is 0. The van der Waals surface area contributed by atoms with Gasteiger partial charge >= 0.3 is 0 Å². The maximum atomic E-state index is 11.6. The number of pyridine rings is 1. The van der Waals surface area contributed by atoms with Gasteiger partial charge in [0.2, 0.25) is 11.8 Å². The van der Waals surface area contributed by atoms with E-state index in [-0.39, 0.29) is 18.3 Å². The van der Waals surface area contributed by atoms with Gasteiger partial charge in [0.1, 0.15) is 0 Å². The van der Waals surface area contributed by atoms with Gasteiger partial charge in [0.15, 0.2) is 0 Å². The highest BCUT2D eigenvalue weighted by molar-refractivity contribution is 5.85. The van der Waals surface area contributed by atoms with Crippen LogP contribution in [0.2, 0.25) is 0 Å². The summed E-state index contributed by atoms with van der Waals surface area (Å²) in [7, 11) is 0. The van der Waals surface area contributed by atoms with E-state index in [1.807, 2.05) is 25.1 Å². The molecule has 1 saturated heterocycles. The lowest BCUT2D eigenvalue weighted by molar-refractivity contribution is -0.121. The fourth-order valence-corrected chi connectivity index (χ4v) is 2.93. The summed E-state index contributed by atoms with van der Waals surface area (Å²) in [5.74, 6) is 0.712. The molecule has 0 aromatic carbocycles. The normalized spacial score (nSPS) is 17.8. The van der Waals surface area contributed by atoms with Crippen molar-refractivity contribution in [3.05, 3.63) is 23.9 Å². The molecule has 1 amide bonds. The van der Waals surface area contributed by atoms with Crippen LogP contribution in [0.3, 0.4) is 0 Å². The van der Waals surface area contributed by atoms with E-state index in [4.69, 9.17) is 10.5 Å². The molecule has 136 valence electrons. The van der Waals surface area contributed by atoms with Crippen molar-refractivity contribution in [2.45, 2.75) is 45.2 Å². The van der Waals surface area contributed by atoms with Crippen molar-refractivity contribution in [1.29, 1.82) is 0 Å². The van der Waals surface area contributed by atoms with Crippen LogP contribution in [-0.2, 0) is 11.3 Å². The summed E-state index contributed by atoms with van der Waals surface area (Å²) < 4.78 is 5.47. The summed E-state index contributed by atoms with van der Waals surface area (Å²) in [5, 5.41) is 3.00. The van der Waals surface area contributed by atoms with E-state index >= 15 is 0 Å². The second kappa shape index (κ2) is 11.2. The molecule has 0 bridgehead atoms. The van der Waals surface area contributed by atoms with Crippen LogP contribution in [0.15, 0.2) is 18.2 Å². The summed E-state index contributed by atoms with van der Waals surface area (Å²) in [5.41, 5.74) is 6.43. The van der Waals surface area contributed by atoms with Crippen LogP contribution in [0.4, 0.5) is 0 Å². The molecule has 7 heteroatoms. The van der Waals surface area contributed by atoms with Crippen LogP contribution >= 0.6 is 12.4 Å². The number of nitrogens with zero attached hydrogens (tertiary/aromatic N) is 2. The molecule has 1 fully saturated rings. The Labute approximate surface area is 150 Å². The Morgan fingerprint density at radius 1 is 1.46 bits per heavy atom. The highest BCUT2D eigenvalue weighted by atomic mass is 35.5. The minimum atomic E-state index is 0. The smallest absolute Gasteiger partial charge is 0.221 e. The molecule has 0 radical (unpaired) electrons. The van der Waals surface area contributed by atoms with Crippen molar-refractivity contribution in [3.63, 3.8) is 0 Å². The van der Waals surface area contributed by atoms with Crippen molar-refractivity contribution in [1.82, 2.24) is 15.2 Å². The van der Waals surface area contributed by atoms with E-state index in [9.17, 15) is 4.79 Å². The molecule has 6 nitrogen and oxygen atoms in total. The number of carbonyl (C=O) groups excluding carboxylic acids is 1. The number of aromatic nitrogens is 1. The van der Waals surface area contributed by atoms with Crippen LogP contribution in [0.1, 0.15) is 38.3 Å². The number of carbonyl (C=O) groups is 1. The topological polar surface area (TPSA) is 80.5 Å². The van der Waals surface area contributed by atoms with Crippen LogP contribution < -0.4 is 15.8 Å². The van der Waals surface area contributed by atoms with Gasteiger partial charge in [0.25, 0.3) is 0 Å². The number of hydrogen-bond acceptors (Lipinski definition) is 5. The molecule has 1 aliphatic rings. The molecule has 1 unspecified atom stereocenters. The van der Waals surface area contributed by atoms with Crippen LogP contribution in [-0.4, -0.2) is 48.1 Å². The summed E-state index contributed by atoms with van der Waals surface area (Å²) in [6.45, 7) is 5.49. The van der Waals surface area contributed by atoms with E-state index in [0.29, 0.717) is 38.0 Å². The number of rotatable bonds is 8. The lowest BCUT2D eigenvalue weighted by Crippen LogP contribution is -2.46. The van der Waals surface area contributed by atoms with Gasteiger partial charge in [-0.25, -0.2) is 4.98 Å². The number of likely N-dealkylation sites (tertiary alicyclic amines) is 1. The summed E-state index contributed by atoms with van der Waals surface area (Å²) in [4.78, 5) is 18.6. The fourth-order valence-electron chi connectivity index (χ4n) is 2.93. The molecular weight excluding hydrogens is 328 g/mol. The fraction of sp³-hybridized carbons (Fsp3) is 0.647. The molecule has 1 atom stereocenters. The molecule has 3 N–H and O–H groups in total. The van der Waals surface area contributed by atoms with Gasteiger partial charge in [-0.15, -0.1) is 12.4 Å². The third-order valence-corrected chi connectivity index (χ3v) is 4.09. The number of amides is 1. The van der Waals surface area contributed by atoms with Crippen molar-refractivity contribution in [2.24, 2.45) is 5.73 Å². The Balaban J connectivity index is 0.00000288. The van der Waals surface area contributed by atoms with E-state index < -0.39 is 0 Å². The minimum absolute atomic E-state index is 0. The average molecular weight is 357 g/mol. The zero-order valence-corrected chi connectivity index (χ0v) is 15.2. The lowest BCUT2D eigenvalue weighted by Gasteiger charge is -2.35. The minimum Gasteiger partial charge on any atom is -0.478 e. The molecule has 24 heavy (non-hydrogen) atoms. The van der Waals surface area contributed by atoms with Gasteiger partial charge in [-0.2, -0.15) is 0 Å². The van der Waals surface area contributed by atoms with Crippen molar-refractivity contribution in [2.75, 3.05) is 26.2 Å². The van der Waals surface area contributed by atoms with Gasteiger partial charge < -0.3 is 15.8 Å². The highest BCUT2D eigenvalue weighted by Gasteiger charge is 2.23. The zero-order chi connectivity index (χ0) is 16.5. The monoisotopic (exact) mass is 356 g/mol. The largest absolute Gasteiger partial charge is 0.478 e. The van der Waals surface area contributed by atoms with Crippen LogP contribution in [0, 0.1) is 0 Å². The van der Waals surface area contributed by atoms with E-state index in [1.165, 1.54) is 12.8 Å². The maximum Gasteiger partial charge on any atom is 0.221 e. The first-order valence-corrected chi connectivity index (χ1v) is 8.52. The Morgan fingerprint density at radius 2 is 2.29 bits per heavy atom. The zero-order valence-electron chi connectivity index (χ0n) is 14.4. The number of halogens is 1. The first-order chi connectivity index (χ1) is 11.2. The third kappa shape index (κ3) is 6.63. The third-order valence-electron chi connectivity index (χ3n) is 4.09. The van der Waals surface area contributed by atoms with Crippen molar-refractivity contribution >= 4 is 18.3 Å². The Hall–Kier alpha value is -1.37. The Kier molecular flexibility index (Phi) is 9.67. The first-order valence-electron chi connectivity index (χ1n) is 8.52. The molecule has 2 heterocycles. The van der Waals surface area contributed by atoms with Gasteiger partial charge in [0, 0.05) is 38.2 Å². The maximum absolute atomic E-state index is 11.6. The van der Waals surface area contributed by atoms with E-state index in [2.05, 4.69) is 15.2 Å². The SMILES string of the molecule is CCOc1cccc(CN2CCCCC2CNC(=O)CCN)n1.Cl. The molecule has 1 aromatic heterocycles. The van der Waals surface area contributed by atoms with Gasteiger partial charge in [0.05, 0.1) is 12.3 Å². The Morgan fingerprint density at radius 3 is 3.04 bits per heavy atom. The predicted molar refractivity (Wildman–Crippen MR) is 97.4 cm³/mol. The number of piperidine rings is 1. The second-order valence-electron chi connectivity index (χ2n) is 5.86. The van der Waals surface area contributed by atoms with Gasteiger partial charge in [-0.05, 0) is 32.4 Å². The van der Waals surface area contributed by atoms with Gasteiger partial charge in [-0.1, -0.05) is 12.5 Å². The average Bonchev–Trinajstić information content (AvgIpc) is 2.55. The van der Waals surface area contributed by atoms with Crippen molar-refractivity contribution < 1.29 is 9.53 Å². The van der Waals surface area contributed by atoms with E-state index in [1.54, 1.807) is 0 Å². The summed E-state index contributed by atoms with van der Waals surface area (Å²) in [6, 6.07) is 6.26.